The summed E-state index contributed by atoms with van der Waals surface area (Å²) in [5, 5.41) is 1.18. The van der Waals surface area contributed by atoms with Gasteiger partial charge in [-0.15, -0.1) is 11.3 Å². The van der Waals surface area contributed by atoms with Crippen LogP contribution in [-0.2, 0) is 0 Å². The van der Waals surface area contributed by atoms with Gasteiger partial charge in [0.1, 0.15) is 0 Å². The minimum absolute atomic E-state index is 0.0885. The Bertz CT molecular complexity index is 823. The molecule has 8 nitrogen and oxygen atoms in total. The van der Waals surface area contributed by atoms with E-state index < -0.39 is 0 Å². The average molecular weight is 393 g/mol. The molecule has 0 aliphatic heterocycles. The fourth-order valence-electron chi connectivity index (χ4n) is 2.49. The summed E-state index contributed by atoms with van der Waals surface area (Å²) in [6.45, 7) is 6.27. The molecule has 148 valence electrons. The van der Waals surface area contributed by atoms with Crippen LogP contribution in [0.1, 0.15) is 23.3 Å². The molecule has 0 aliphatic rings. The highest BCUT2D eigenvalue weighted by Crippen LogP contribution is 2.39. The van der Waals surface area contributed by atoms with Crippen LogP contribution in [0.3, 0.4) is 0 Å². The summed E-state index contributed by atoms with van der Waals surface area (Å²) in [6.07, 6.45) is 1.42. The van der Waals surface area contributed by atoms with Crippen molar-refractivity contribution in [2.24, 2.45) is 32.9 Å². The van der Waals surface area contributed by atoms with Crippen molar-refractivity contribution >= 4 is 33.3 Å². The van der Waals surface area contributed by atoms with Gasteiger partial charge in [-0.1, -0.05) is 0 Å². The van der Waals surface area contributed by atoms with E-state index in [0.29, 0.717) is 39.1 Å². The first-order chi connectivity index (χ1) is 12.9. The van der Waals surface area contributed by atoms with Crippen LogP contribution in [0.25, 0.3) is 10.1 Å². The zero-order chi connectivity index (χ0) is 19.8. The quantitative estimate of drug-likeness (QED) is 0.274. The predicted molar refractivity (Wildman–Crippen MR) is 113 cm³/mol. The predicted octanol–water partition coefficient (Wildman–Crippen LogP) is 1.60. The van der Waals surface area contributed by atoms with E-state index in [1.165, 1.54) is 20.5 Å². The Balaban J connectivity index is 2.08. The largest absolute Gasteiger partial charge is 0.490 e. The van der Waals surface area contributed by atoms with Crippen molar-refractivity contribution in [1.29, 1.82) is 0 Å². The van der Waals surface area contributed by atoms with E-state index in [4.69, 9.17) is 32.4 Å². The molecule has 1 heterocycles. The highest BCUT2D eigenvalue weighted by atomic mass is 32.1. The summed E-state index contributed by atoms with van der Waals surface area (Å²) < 4.78 is 13.1. The molecule has 0 fully saturated rings. The van der Waals surface area contributed by atoms with Gasteiger partial charge in [0, 0.05) is 41.6 Å². The number of aryl methyl sites for hydroxylation is 2. The number of ether oxygens (including phenoxy) is 2. The van der Waals surface area contributed by atoms with Gasteiger partial charge in [0.25, 0.3) is 0 Å². The second-order valence-corrected chi connectivity index (χ2v) is 7.35. The molecular weight excluding hydrogens is 364 g/mol. The zero-order valence-electron chi connectivity index (χ0n) is 15.8. The lowest BCUT2D eigenvalue weighted by molar-refractivity contribution is 0.266. The Morgan fingerprint density at radius 2 is 1.41 bits per heavy atom. The maximum atomic E-state index is 5.95. The smallest absolute Gasteiger partial charge is 0.185 e. The van der Waals surface area contributed by atoms with Gasteiger partial charge in [-0.25, -0.2) is 0 Å². The molecule has 2 aromatic rings. The zero-order valence-corrected chi connectivity index (χ0v) is 16.6. The number of nitrogens with zero attached hydrogens (tertiary/aromatic N) is 2. The van der Waals surface area contributed by atoms with Gasteiger partial charge in [0.2, 0.25) is 0 Å². The second kappa shape index (κ2) is 9.86. The van der Waals surface area contributed by atoms with E-state index in [1.807, 2.05) is 12.1 Å². The Morgan fingerprint density at radius 1 is 0.889 bits per heavy atom. The number of benzene rings is 1. The van der Waals surface area contributed by atoms with Gasteiger partial charge in [-0.05, 0) is 30.9 Å². The topological polar surface area (TPSA) is 147 Å². The summed E-state index contributed by atoms with van der Waals surface area (Å²) in [6, 6.07) is 4.08. The van der Waals surface area contributed by atoms with Gasteiger partial charge in [0.05, 0.1) is 13.2 Å². The van der Waals surface area contributed by atoms with Gasteiger partial charge in [-0.2, -0.15) is 0 Å². The Kier molecular flexibility index (Phi) is 7.54. The minimum atomic E-state index is 0.0885. The molecule has 0 amide bonds. The third kappa shape index (κ3) is 6.21. The first-order valence-corrected chi connectivity index (χ1v) is 9.60. The molecule has 0 saturated heterocycles. The van der Waals surface area contributed by atoms with Crippen molar-refractivity contribution in [3.63, 3.8) is 0 Å². The minimum Gasteiger partial charge on any atom is -0.490 e. The van der Waals surface area contributed by atoms with Crippen molar-refractivity contribution in [3.8, 4) is 11.5 Å². The molecule has 0 spiro atoms. The van der Waals surface area contributed by atoms with Crippen LogP contribution in [0, 0.1) is 13.8 Å². The number of thiophene rings is 1. The van der Waals surface area contributed by atoms with Crippen molar-refractivity contribution in [1.82, 2.24) is 0 Å². The van der Waals surface area contributed by atoms with E-state index in [0.717, 1.165) is 11.5 Å². The molecule has 0 saturated carbocycles. The fraction of sp³-hybridized carbons (Fsp3) is 0.444. The third-order valence-electron chi connectivity index (χ3n) is 3.95. The van der Waals surface area contributed by atoms with Crippen LogP contribution in [0.2, 0.25) is 0 Å². The van der Waals surface area contributed by atoms with E-state index in [2.05, 4.69) is 23.8 Å². The van der Waals surface area contributed by atoms with Crippen LogP contribution in [0.15, 0.2) is 22.1 Å². The molecule has 0 aliphatic carbocycles. The lowest BCUT2D eigenvalue weighted by Gasteiger charge is -2.13. The normalized spacial score (nSPS) is 10.6. The number of nitrogens with two attached hydrogens (primary N) is 4. The number of rotatable bonds is 10. The number of fused-ring (bicyclic) bond motifs is 1. The van der Waals surface area contributed by atoms with Crippen molar-refractivity contribution in [3.05, 3.63) is 22.6 Å². The maximum absolute atomic E-state index is 5.95. The SMILES string of the molecule is Cc1sc2cc(OCCCN=C(N)N)c(OCCCN=C(N)N)cc2c1C. The van der Waals surface area contributed by atoms with E-state index in [1.54, 1.807) is 11.3 Å². The first kappa shape index (κ1) is 20.6. The van der Waals surface area contributed by atoms with Crippen molar-refractivity contribution in [2.45, 2.75) is 26.7 Å². The molecular formula is C18H28N6O2S. The van der Waals surface area contributed by atoms with Crippen LogP contribution in [0.5, 0.6) is 11.5 Å². The molecule has 0 unspecified atom stereocenters. The Labute approximate surface area is 163 Å². The lowest BCUT2D eigenvalue weighted by Crippen LogP contribution is -2.23. The van der Waals surface area contributed by atoms with Crippen LogP contribution in [0.4, 0.5) is 0 Å². The van der Waals surface area contributed by atoms with Gasteiger partial charge < -0.3 is 32.4 Å². The third-order valence-corrected chi connectivity index (χ3v) is 5.12. The molecule has 0 radical (unpaired) electrons. The number of hydrogen-bond acceptors (Lipinski definition) is 5. The highest BCUT2D eigenvalue weighted by molar-refractivity contribution is 7.19. The fourth-order valence-corrected chi connectivity index (χ4v) is 3.57. The van der Waals surface area contributed by atoms with Crippen LogP contribution in [-0.4, -0.2) is 38.2 Å². The maximum Gasteiger partial charge on any atom is 0.185 e. The molecule has 8 N–H and O–H groups in total. The first-order valence-electron chi connectivity index (χ1n) is 8.78. The second-order valence-electron chi connectivity index (χ2n) is 6.10. The highest BCUT2D eigenvalue weighted by Gasteiger charge is 2.13. The molecule has 27 heavy (non-hydrogen) atoms. The van der Waals surface area contributed by atoms with Crippen molar-refractivity contribution < 1.29 is 9.47 Å². The van der Waals surface area contributed by atoms with Gasteiger partial charge in [0.15, 0.2) is 23.4 Å². The average Bonchev–Trinajstić information content (AvgIpc) is 2.87. The summed E-state index contributed by atoms with van der Waals surface area (Å²) >= 11 is 1.75. The van der Waals surface area contributed by atoms with E-state index >= 15 is 0 Å². The Morgan fingerprint density at radius 3 is 1.93 bits per heavy atom. The molecule has 0 bridgehead atoms. The monoisotopic (exact) mass is 392 g/mol. The molecule has 1 aromatic heterocycles. The molecule has 2 rings (SSSR count). The number of hydrogen-bond donors (Lipinski definition) is 4. The van der Waals surface area contributed by atoms with E-state index in [9.17, 15) is 0 Å². The summed E-state index contributed by atoms with van der Waals surface area (Å²) in [5.74, 6) is 1.61. The molecule has 9 heteroatoms. The number of aliphatic imine (C=N–C) groups is 2. The van der Waals surface area contributed by atoms with Gasteiger partial charge >= 0.3 is 0 Å². The van der Waals surface area contributed by atoms with Crippen LogP contribution < -0.4 is 32.4 Å². The number of guanidine groups is 2. The van der Waals surface area contributed by atoms with Crippen molar-refractivity contribution in [2.75, 3.05) is 26.3 Å². The Hall–Kier alpha value is -2.68. The lowest BCUT2D eigenvalue weighted by atomic mass is 10.1. The summed E-state index contributed by atoms with van der Waals surface area (Å²) in [7, 11) is 0. The molecule has 1 aromatic carbocycles. The van der Waals surface area contributed by atoms with Crippen LogP contribution >= 0.6 is 11.3 Å². The van der Waals surface area contributed by atoms with Gasteiger partial charge in [-0.3, -0.25) is 9.98 Å². The van der Waals surface area contributed by atoms with E-state index in [-0.39, 0.29) is 11.9 Å². The summed E-state index contributed by atoms with van der Waals surface area (Å²) in [4.78, 5) is 9.20. The summed E-state index contributed by atoms with van der Waals surface area (Å²) in [5.41, 5.74) is 22.6. The standard InChI is InChI=1S/C18H28N6O2S/c1-11-12(2)27-16-10-15(26-8-4-6-24-18(21)22)14(9-13(11)16)25-7-3-5-23-17(19)20/h9-10H,3-8H2,1-2H3,(H4,19,20,23)(H4,21,22,24). The molecule has 0 atom stereocenters.